The molecule has 16 heavy (non-hydrogen) atoms. The Hall–Kier alpha value is -1.59. The first-order valence-corrected chi connectivity index (χ1v) is 4.41. The molecule has 0 saturated carbocycles. The average Bonchev–Trinajstić information content (AvgIpc) is 2.20. The van der Waals surface area contributed by atoms with Gasteiger partial charge in [0.05, 0.1) is 17.7 Å². The highest BCUT2D eigenvalue weighted by Gasteiger charge is 2.22. The Morgan fingerprint density at radius 1 is 1.38 bits per heavy atom. The van der Waals surface area contributed by atoms with Crippen LogP contribution in [0.25, 0.3) is 0 Å². The normalized spacial score (nSPS) is 10.6. The zero-order valence-electron chi connectivity index (χ0n) is 8.27. The summed E-state index contributed by atoms with van der Waals surface area (Å²) in [6.07, 6.45) is -3.19. The number of alkyl halides is 2. The molecule has 1 aromatic carbocycles. The Bertz CT molecular complexity index is 404. The molecule has 0 N–H and O–H groups in total. The lowest BCUT2D eigenvalue weighted by molar-refractivity contribution is 0.0519. The maximum Gasteiger partial charge on any atom is 0.341 e. The zero-order valence-corrected chi connectivity index (χ0v) is 8.27. The molecule has 0 atom stereocenters. The van der Waals surface area contributed by atoms with Gasteiger partial charge in [-0.25, -0.2) is 22.4 Å². The number of carbonyl (C=O) groups is 1. The maximum absolute atomic E-state index is 13.3. The Morgan fingerprint density at radius 3 is 2.50 bits per heavy atom. The number of benzene rings is 1. The van der Waals surface area contributed by atoms with Crippen LogP contribution in [-0.2, 0) is 4.74 Å². The summed E-state index contributed by atoms with van der Waals surface area (Å²) >= 11 is 0. The topological polar surface area (TPSA) is 26.3 Å². The van der Waals surface area contributed by atoms with E-state index in [0.717, 1.165) is 0 Å². The van der Waals surface area contributed by atoms with Crippen molar-refractivity contribution >= 4 is 5.97 Å². The molecule has 1 rings (SSSR count). The van der Waals surface area contributed by atoms with Crippen molar-refractivity contribution in [2.75, 3.05) is 6.61 Å². The van der Waals surface area contributed by atoms with E-state index in [1.54, 1.807) is 0 Å². The van der Waals surface area contributed by atoms with Crippen molar-refractivity contribution in [3.05, 3.63) is 34.9 Å². The van der Waals surface area contributed by atoms with Gasteiger partial charge < -0.3 is 4.74 Å². The first-order chi connectivity index (χ1) is 7.47. The van der Waals surface area contributed by atoms with Gasteiger partial charge in [0.15, 0.2) is 0 Å². The molecule has 0 amide bonds. The van der Waals surface area contributed by atoms with Crippen LogP contribution in [0.15, 0.2) is 12.1 Å². The minimum atomic E-state index is -3.19. The van der Waals surface area contributed by atoms with Gasteiger partial charge in [0.2, 0.25) is 0 Å². The number of carbonyl (C=O) groups excluding carboxylic acids is 1. The summed E-state index contributed by atoms with van der Waals surface area (Å²) in [5.41, 5.74) is -1.97. The number of halogens is 4. The molecule has 1 aromatic rings. The Morgan fingerprint density at radius 2 is 2.00 bits per heavy atom. The van der Waals surface area contributed by atoms with Crippen molar-refractivity contribution in [1.82, 2.24) is 0 Å². The van der Waals surface area contributed by atoms with Crippen molar-refractivity contribution in [3.63, 3.8) is 0 Å². The molecule has 0 aliphatic heterocycles. The van der Waals surface area contributed by atoms with Crippen molar-refractivity contribution in [2.24, 2.45) is 0 Å². The SMILES string of the molecule is CCOC(=O)c1cc(F)cc(C(F)F)c1F. The van der Waals surface area contributed by atoms with Gasteiger partial charge in [-0.1, -0.05) is 0 Å². The van der Waals surface area contributed by atoms with Crippen LogP contribution in [0.4, 0.5) is 17.6 Å². The molecule has 0 heterocycles. The van der Waals surface area contributed by atoms with Crippen LogP contribution in [0.2, 0.25) is 0 Å². The van der Waals surface area contributed by atoms with E-state index < -0.39 is 35.2 Å². The number of hydrogen-bond acceptors (Lipinski definition) is 2. The minimum absolute atomic E-state index is 0.0567. The molecule has 0 aromatic heterocycles. The molecule has 0 bridgehead atoms. The second kappa shape index (κ2) is 4.96. The molecule has 0 saturated heterocycles. The highest BCUT2D eigenvalue weighted by atomic mass is 19.3. The lowest BCUT2D eigenvalue weighted by atomic mass is 10.1. The van der Waals surface area contributed by atoms with Crippen molar-refractivity contribution < 1.29 is 27.1 Å². The van der Waals surface area contributed by atoms with E-state index in [4.69, 9.17) is 0 Å². The quantitative estimate of drug-likeness (QED) is 0.595. The van der Waals surface area contributed by atoms with Gasteiger partial charge in [-0.05, 0) is 19.1 Å². The van der Waals surface area contributed by atoms with Crippen molar-refractivity contribution in [3.8, 4) is 0 Å². The highest BCUT2D eigenvalue weighted by molar-refractivity contribution is 5.90. The lowest BCUT2D eigenvalue weighted by Gasteiger charge is -2.07. The molecule has 0 aliphatic rings. The van der Waals surface area contributed by atoms with Crippen LogP contribution < -0.4 is 0 Å². The molecule has 88 valence electrons. The Balaban J connectivity index is 3.24. The lowest BCUT2D eigenvalue weighted by Crippen LogP contribution is -2.10. The number of ether oxygens (including phenoxy) is 1. The third-order valence-corrected chi connectivity index (χ3v) is 1.80. The molecule has 0 fully saturated rings. The van der Waals surface area contributed by atoms with Crippen LogP contribution in [0, 0.1) is 11.6 Å². The first kappa shape index (κ1) is 12.5. The third-order valence-electron chi connectivity index (χ3n) is 1.80. The van der Waals surface area contributed by atoms with Crippen LogP contribution in [0.3, 0.4) is 0 Å². The smallest absolute Gasteiger partial charge is 0.341 e. The summed E-state index contributed by atoms with van der Waals surface area (Å²) in [5, 5.41) is 0. The predicted molar refractivity (Wildman–Crippen MR) is 47.3 cm³/mol. The van der Waals surface area contributed by atoms with Gasteiger partial charge >= 0.3 is 5.97 Å². The zero-order chi connectivity index (χ0) is 12.3. The van der Waals surface area contributed by atoms with Gasteiger partial charge in [0, 0.05) is 0 Å². The minimum Gasteiger partial charge on any atom is -0.462 e. The van der Waals surface area contributed by atoms with Crippen LogP contribution >= 0.6 is 0 Å². The van der Waals surface area contributed by atoms with E-state index in [9.17, 15) is 22.4 Å². The van der Waals surface area contributed by atoms with Gasteiger partial charge in [-0.2, -0.15) is 0 Å². The second-order valence-electron chi connectivity index (χ2n) is 2.88. The third kappa shape index (κ3) is 2.50. The van der Waals surface area contributed by atoms with Gasteiger partial charge in [0.25, 0.3) is 6.43 Å². The fraction of sp³-hybridized carbons (Fsp3) is 0.300. The highest BCUT2D eigenvalue weighted by Crippen LogP contribution is 2.25. The summed E-state index contributed by atoms with van der Waals surface area (Å²) < 4.78 is 55.2. The fourth-order valence-corrected chi connectivity index (χ4v) is 1.13. The maximum atomic E-state index is 13.3. The van der Waals surface area contributed by atoms with Crippen LogP contribution in [0.5, 0.6) is 0 Å². The van der Waals surface area contributed by atoms with Crippen LogP contribution in [0.1, 0.15) is 29.3 Å². The van der Waals surface area contributed by atoms with Gasteiger partial charge in [0.1, 0.15) is 11.6 Å². The number of hydrogen-bond donors (Lipinski definition) is 0. The monoisotopic (exact) mass is 236 g/mol. The van der Waals surface area contributed by atoms with Crippen LogP contribution in [-0.4, -0.2) is 12.6 Å². The van der Waals surface area contributed by atoms with E-state index in [-0.39, 0.29) is 6.61 Å². The second-order valence-corrected chi connectivity index (χ2v) is 2.88. The van der Waals surface area contributed by atoms with Crippen molar-refractivity contribution in [2.45, 2.75) is 13.3 Å². The summed E-state index contributed by atoms with van der Waals surface area (Å²) in [6, 6.07) is 0.877. The summed E-state index contributed by atoms with van der Waals surface area (Å²) in [7, 11) is 0. The van der Waals surface area contributed by atoms with Gasteiger partial charge in [-0.3, -0.25) is 0 Å². The van der Waals surface area contributed by atoms with E-state index in [2.05, 4.69) is 4.74 Å². The standard InChI is InChI=1S/C10H8F4O2/c1-2-16-10(15)7-4-5(11)3-6(8(7)12)9(13)14/h3-4,9H,2H2,1H3. The summed E-state index contributed by atoms with van der Waals surface area (Å²) in [4.78, 5) is 11.1. The molecule has 0 unspecified atom stereocenters. The van der Waals surface area contributed by atoms with E-state index in [0.29, 0.717) is 12.1 Å². The van der Waals surface area contributed by atoms with Crippen molar-refractivity contribution in [1.29, 1.82) is 0 Å². The number of esters is 1. The fourth-order valence-electron chi connectivity index (χ4n) is 1.13. The Kier molecular flexibility index (Phi) is 3.87. The molecule has 6 heteroatoms. The molecular weight excluding hydrogens is 228 g/mol. The van der Waals surface area contributed by atoms with E-state index >= 15 is 0 Å². The molecule has 0 radical (unpaired) electrons. The van der Waals surface area contributed by atoms with E-state index in [1.165, 1.54) is 6.92 Å². The molecule has 2 nitrogen and oxygen atoms in total. The molecular formula is C10H8F4O2. The molecule has 0 aliphatic carbocycles. The molecule has 0 spiro atoms. The Labute approximate surface area is 88.8 Å². The van der Waals surface area contributed by atoms with Gasteiger partial charge in [-0.15, -0.1) is 0 Å². The number of rotatable bonds is 3. The predicted octanol–water partition coefficient (Wildman–Crippen LogP) is 3.08. The van der Waals surface area contributed by atoms with E-state index in [1.807, 2.05) is 0 Å². The summed E-state index contributed by atoms with van der Waals surface area (Å²) in [6.45, 7) is 1.40. The average molecular weight is 236 g/mol. The largest absolute Gasteiger partial charge is 0.462 e. The first-order valence-electron chi connectivity index (χ1n) is 4.41. The summed E-state index contributed by atoms with van der Waals surface area (Å²) in [5.74, 6) is -3.73.